The molecule has 4 atom stereocenters. The van der Waals surface area contributed by atoms with Crippen molar-refractivity contribution in [1.29, 1.82) is 0 Å². The highest BCUT2D eigenvalue weighted by Gasteiger charge is 2.32. The van der Waals surface area contributed by atoms with E-state index in [-0.39, 0.29) is 24.0 Å². The Morgan fingerprint density at radius 1 is 1.15 bits per heavy atom. The highest BCUT2D eigenvalue weighted by atomic mass is 16.6. The van der Waals surface area contributed by atoms with Crippen LogP contribution in [-0.4, -0.2) is 44.1 Å². The molecule has 0 bridgehead atoms. The zero-order valence-electron chi connectivity index (χ0n) is 13.9. The zero-order chi connectivity index (χ0) is 17.5. The van der Waals surface area contributed by atoms with Gasteiger partial charge >= 0.3 is 0 Å². The minimum absolute atomic E-state index is 0.0285. The molecule has 7 nitrogen and oxygen atoms in total. The number of H-pyrrole nitrogens is 1. The van der Waals surface area contributed by atoms with Crippen LogP contribution in [-0.2, 0) is 9.47 Å². The monoisotopic (exact) mass is 350 g/mol. The average Bonchev–Trinajstić information content (AvgIpc) is 3.22. The number of aromatic amines is 1. The second-order valence-electron chi connectivity index (χ2n) is 6.61. The molecule has 2 aromatic rings. The largest absolute Gasteiger partial charge is 0.493 e. The first-order valence-electron chi connectivity index (χ1n) is 8.67. The summed E-state index contributed by atoms with van der Waals surface area (Å²) >= 11 is 0. The maximum atomic E-state index is 10.5. The van der Waals surface area contributed by atoms with Crippen LogP contribution in [0.15, 0.2) is 36.7 Å². The normalized spacial score (nSPS) is 29.4. The third kappa shape index (κ3) is 2.65. The van der Waals surface area contributed by atoms with Gasteiger partial charge in [-0.2, -0.15) is 10.1 Å². The van der Waals surface area contributed by atoms with Crippen molar-refractivity contribution >= 4 is 12.2 Å². The number of nitrogens with one attached hydrogen (secondary N) is 1. The smallest absolute Gasteiger partial charge is 0.222 e. The van der Waals surface area contributed by atoms with E-state index in [1.165, 1.54) is 0 Å². The Morgan fingerprint density at radius 2 is 2.04 bits per heavy atom. The SMILES string of the molecule is Oc1nc(C2COC3C=CC=CC3O2)nc2c1=CC(c1cn[nH]c1)CC=2. The maximum Gasteiger partial charge on any atom is 0.222 e. The van der Waals surface area contributed by atoms with Gasteiger partial charge < -0.3 is 14.6 Å². The maximum absolute atomic E-state index is 10.5. The molecule has 0 aromatic carbocycles. The molecule has 3 heterocycles. The summed E-state index contributed by atoms with van der Waals surface area (Å²) in [7, 11) is 0. The molecule has 0 saturated carbocycles. The molecule has 2 aliphatic carbocycles. The molecular formula is C19H18N4O3. The number of ether oxygens (including phenoxy) is 2. The van der Waals surface area contributed by atoms with E-state index in [0.717, 1.165) is 17.3 Å². The van der Waals surface area contributed by atoms with E-state index >= 15 is 0 Å². The van der Waals surface area contributed by atoms with Crippen molar-refractivity contribution in [3.05, 3.63) is 58.7 Å². The van der Waals surface area contributed by atoms with Crippen molar-refractivity contribution in [2.75, 3.05) is 6.61 Å². The first-order valence-corrected chi connectivity index (χ1v) is 8.67. The molecule has 5 rings (SSSR count). The minimum atomic E-state index is -0.399. The van der Waals surface area contributed by atoms with Crippen molar-refractivity contribution < 1.29 is 14.6 Å². The van der Waals surface area contributed by atoms with Gasteiger partial charge in [-0.05, 0) is 12.0 Å². The fourth-order valence-corrected chi connectivity index (χ4v) is 3.56. The van der Waals surface area contributed by atoms with Crippen molar-refractivity contribution in [3.63, 3.8) is 0 Å². The molecule has 1 fully saturated rings. The molecule has 2 aromatic heterocycles. The topological polar surface area (TPSA) is 93.2 Å². The van der Waals surface area contributed by atoms with Gasteiger partial charge in [0, 0.05) is 12.1 Å². The fourth-order valence-electron chi connectivity index (χ4n) is 3.56. The molecule has 26 heavy (non-hydrogen) atoms. The highest BCUT2D eigenvalue weighted by Crippen LogP contribution is 2.28. The van der Waals surface area contributed by atoms with Gasteiger partial charge in [0.05, 0.1) is 23.4 Å². The molecule has 1 saturated heterocycles. The Balaban J connectivity index is 1.46. The van der Waals surface area contributed by atoms with E-state index in [4.69, 9.17) is 9.47 Å². The van der Waals surface area contributed by atoms with E-state index in [9.17, 15) is 5.11 Å². The summed E-state index contributed by atoms with van der Waals surface area (Å²) < 4.78 is 11.9. The quantitative estimate of drug-likeness (QED) is 0.824. The number of hydrogen-bond acceptors (Lipinski definition) is 6. The zero-order valence-corrected chi connectivity index (χ0v) is 13.9. The lowest BCUT2D eigenvalue weighted by Gasteiger charge is -2.34. The van der Waals surface area contributed by atoms with Crippen molar-refractivity contribution in [3.8, 4) is 5.88 Å². The Kier molecular flexibility index (Phi) is 3.69. The number of allylic oxidation sites excluding steroid dienone is 2. The van der Waals surface area contributed by atoms with Crippen LogP contribution in [0, 0.1) is 0 Å². The summed E-state index contributed by atoms with van der Waals surface area (Å²) in [6.07, 6.45) is 15.7. The van der Waals surface area contributed by atoms with Crippen LogP contribution in [0.4, 0.5) is 0 Å². The van der Waals surface area contributed by atoms with Crippen molar-refractivity contribution in [2.45, 2.75) is 30.7 Å². The summed E-state index contributed by atoms with van der Waals surface area (Å²) in [6, 6.07) is 0. The lowest BCUT2D eigenvalue weighted by Crippen LogP contribution is -2.41. The summed E-state index contributed by atoms with van der Waals surface area (Å²) in [5.41, 5.74) is 1.07. The molecule has 132 valence electrons. The molecule has 3 aliphatic rings. The van der Waals surface area contributed by atoms with E-state index in [0.29, 0.717) is 17.6 Å². The summed E-state index contributed by atoms with van der Waals surface area (Å²) in [4.78, 5) is 8.91. The van der Waals surface area contributed by atoms with Gasteiger partial charge in [-0.25, -0.2) is 4.98 Å². The molecule has 1 aliphatic heterocycles. The van der Waals surface area contributed by atoms with Crippen LogP contribution in [0.3, 0.4) is 0 Å². The summed E-state index contributed by atoms with van der Waals surface area (Å²) in [5, 5.41) is 18.7. The summed E-state index contributed by atoms with van der Waals surface area (Å²) in [5.74, 6) is 0.573. The van der Waals surface area contributed by atoms with Crippen LogP contribution in [0.2, 0.25) is 0 Å². The third-order valence-corrected chi connectivity index (χ3v) is 4.94. The van der Waals surface area contributed by atoms with Gasteiger partial charge in [0.25, 0.3) is 0 Å². The number of fused-ring (bicyclic) bond motifs is 2. The highest BCUT2D eigenvalue weighted by molar-refractivity contribution is 5.48. The van der Waals surface area contributed by atoms with Gasteiger partial charge in [0.15, 0.2) is 5.82 Å². The number of rotatable bonds is 2. The van der Waals surface area contributed by atoms with E-state index < -0.39 is 6.10 Å². The lowest BCUT2D eigenvalue weighted by molar-refractivity contribution is -0.153. The average molecular weight is 350 g/mol. The first-order chi connectivity index (χ1) is 12.8. The molecule has 7 heteroatoms. The predicted molar refractivity (Wildman–Crippen MR) is 93.5 cm³/mol. The number of nitrogens with zero attached hydrogens (tertiary/aromatic N) is 3. The molecular weight excluding hydrogens is 332 g/mol. The molecule has 0 radical (unpaired) electrons. The van der Waals surface area contributed by atoms with Gasteiger partial charge in [-0.3, -0.25) is 5.10 Å². The Labute approximate surface area is 149 Å². The van der Waals surface area contributed by atoms with Gasteiger partial charge in [0.1, 0.15) is 18.3 Å². The van der Waals surface area contributed by atoms with Crippen LogP contribution in [0.5, 0.6) is 5.88 Å². The second kappa shape index (κ2) is 6.19. The first kappa shape index (κ1) is 15.5. The fraction of sp³-hybridized carbons (Fsp3) is 0.316. The van der Waals surface area contributed by atoms with E-state index in [2.05, 4.69) is 20.2 Å². The molecule has 0 amide bonds. The Morgan fingerprint density at radius 3 is 2.88 bits per heavy atom. The molecule has 4 unspecified atom stereocenters. The van der Waals surface area contributed by atoms with Crippen LogP contribution < -0.4 is 10.6 Å². The third-order valence-electron chi connectivity index (χ3n) is 4.94. The van der Waals surface area contributed by atoms with Crippen LogP contribution in [0.1, 0.15) is 29.8 Å². The summed E-state index contributed by atoms with van der Waals surface area (Å²) in [6.45, 7) is 0.360. The molecule has 2 N–H and O–H groups in total. The van der Waals surface area contributed by atoms with E-state index in [1.807, 2.05) is 42.7 Å². The van der Waals surface area contributed by atoms with Crippen molar-refractivity contribution in [2.24, 2.45) is 0 Å². The Hall–Kier alpha value is -2.77. The standard InChI is InChI=1S/C19H18N4O3/c24-19-13-7-11(12-8-20-21-9-12)5-6-14(13)22-18(23-19)17-10-25-15-3-1-2-4-16(15)26-17/h1-4,6-9,11,15-17H,5,10H2,(H,20,21)(H,22,23,24). The van der Waals surface area contributed by atoms with Gasteiger partial charge in [0.2, 0.25) is 5.88 Å². The van der Waals surface area contributed by atoms with Gasteiger partial charge in [-0.15, -0.1) is 0 Å². The second-order valence-corrected chi connectivity index (χ2v) is 6.61. The molecule has 0 spiro atoms. The number of hydrogen-bond donors (Lipinski definition) is 2. The lowest BCUT2D eigenvalue weighted by atomic mass is 9.94. The minimum Gasteiger partial charge on any atom is -0.493 e. The van der Waals surface area contributed by atoms with Gasteiger partial charge in [-0.1, -0.05) is 36.5 Å². The predicted octanol–water partition coefficient (Wildman–Crippen LogP) is 0.605. The van der Waals surface area contributed by atoms with Crippen molar-refractivity contribution in [1.82, 2.24) is 20.2 Å². The van der Waals surface area contributed by atoms with E-state index in [1.54, 1.807) is 6.20 Å². The van der Waals surface area contributed by atoms with Crippen LogP contribution >= 0.6 is 0 Å². The number of aromatic hydroxyl groups is 1. The van der Waals surface area contributed by atoms with Crippen LogP contribution in [0.25, 0.3) is 12.2 Å². The Bertz CT molecular complexity index is 997. The number of aromatic nitrogens is 4.